The standard InChI is InChI=1S/C8H9ClS/c1-3-6(2)7-4-8(9)10-5-7/h3-5H,1-2H3. The van der Waals surface area contributed by atoms with E-state index in [9.17, 15) is 0 Å². The number of hydrogen-bond donors (Lipinski definition) is 0. The van der Waals surface area contributed by atoms with Gasteiger partial charge in [-0.1, -0.05) is 17.7 Å². The highest BCUT2D eigenvalue weighted by atomic mass is 35.5. The molecule has 1 rings (SSSR count). The van der Waals surface area contributed by atoms with Crippen molar-refractivity contribution in [1.29, 1.82) is 0 Å². The highest BCUT2D eigenvalue weighted by molar-refractivity contribution is 7.14. The Balaban J connectivity index is 2.95. The molecule has 0 radical (unpaired) electrons. The number of thiophene rings is 1. The van der Waals surface area contributed by atoms with E-state index in [4.69, 9.17) is 11.6 Å². The Morgan fingerprint density at radius 3 is 2.80 bits per heavy atom. The van der Waals surface area contributed by atoms with E-state index in [0.29, 0.717) is 0 Å². The Labute approximate surface area is 70.1 Å². The van der Waals surface area contributed by atoms with Crippen molar-refractivity contribution in [2.45, 2.75) is 13.8 Å². The van der Waals surface area contributed by atoms with Crippen LogP contribution >= 0.6 is 22.9 Å². The van der Waals surface area contributed by atoms with Crippen molar-refractivity contribution in [3.8, 4) is 0 Å². The predicted molar refractivity (Wildman–Crippen MR) is 48.7 cm³/mol. The fraction of sp³-hybridized carbons (Fsp3) is 0.250. The summed E-state index contributed by atoms with van der Waals surface area (Å²) in [5, 5.41) is 2.07. The minimum atomic E-state index is 0.858. The molecule has 0 aliphatic carbocycles. The zero-order valence-corrected chi connectivity index (χ0v) is 7.59. The molecule has 0 unspecified atom stereocenters. The number of hydrogen-bond acceptors (Lipinski definition) is 1. The summed E-state index contributed by atoms with van der Waals surface area (Å²) in [6.07, 6.45) is 2.08. The first-order valence-corrected chi connectivity index (χ1v) is 4.37. The van der Waals surface area contributed by atoms with Crippen molar-refractivity contribution in [2.24, 2.45) is 0 Å². The lowest BCUT2D eigenvalue weighted by Gasteiger charge is -1.91. The van der Waals surface area contributed by atoms with E-state index in [1.807, 2.05) is 13.0 Å². The SMILES string of the molecule is CC=C(C)c1csc(Cl)c1. The second-order valence-electron chi connectivity index (χ2n) is 2.11. The van der Waals surface area contributed by atoms with Crippen LogP contribution in [-0.2, 0) is 0 Å². The van der Waals surface area contributed by atoms with Gasteiger partial charge >= 0.3 is 0 Å². The zero-order chi connectivity index (χ0) is 7.56. The molecular weight excluding hydrogens is 164 g/mol. The van der Waals surface area contributed by atoms with Crippen molar-refractivity contribution >= 4 is 28.5 Å². The maximum absolute atomic E-state index is 5.75. The molecule has 0 aliphatic rings. The molecule has 1 aromatic heterocycles. The van der Waals surface area contributed by atoms with Crippen molar-refractivity contribution in [3.05, 3.63) is 27.4 Å². The van der Waals surface area contributed by atoms with Crippen molar-refractivity contribution in [3.63, 3.8) is 0 Å². The summed E-state index contributed by atoms with van der Waals surface area (Å²) in [6.45, 7) is 4.11. The third-order valence-corrected chi connectivity index (χ3v) is 2.55. The van der Waals surface area contributed by atoms with Gasteiger partial charge in [0.25, 0.3) is 0 Å². The smallest absolute Gasteiger partial charge is 0.0934 e. The molecule has 0 saturated heterocycles. The molecule has 0 aromatic carbocycles. The summed E-state index contributed by atoms with van der Waals surface area (Å²) in [5.41, 5.74) is 2.51. The summed E-state index contributed by atoms with van der Waals surface area (Å²) in [6, 6.07) is 1.99. The minimum absolute atomic E-state index is 0.858. The molecule has 10 heavy (non-hydrogen) atoms. The summed E-state index contributed by atoms with van der Waals surface area (Å²) in [4.78, 5) is 0. The Bertz CT molecular complexity index is 248. The molecule has 0 amide bonds. The van der Waals surface area contributed by atoms with E-state index in [1.165, 1.54) is 11.1 Å². The molecule has 0 fully saturated rings. The summed E-state index contributed by atoms with van der Waals surface area (Å²) in [7, 11) is 0. The van der Waals surface area contributed by atoms with Crippen LogP contribution in [0.2, 0.25) is 4.34 Å². The van der Waals surface area contributed by atoms with E-state index in [1.54, 1.807) is 11.3 Å². The Hall–Kier alpha value is -0.270. The van der Waals surface area contributed by atoms with Gasteiger partial charge in [-0.25, -0.2) is 0 Å². The second kappa shape index (κ2) is 3.22. The Kier molecular flexibility index (Phi) is 2.52. The first-order valence-electron chi connectivity index (χ1n) is 3.11. The van der Waals surface area contributed by atoms with Crippen LogP contribution in [0, 0.1) is 0 Å². The zero-order valence-electron chi connectivity index (χ0n) is 6.02. The fourth-order valence-electron chi connectivity index (χ4n) is 0.684. The maximum Gasteiger partial charge on any atom is 0.0934 e. The lowest BCUT2D eigenvalue weighted by molar-refractivity contribution is 1.60. The van der Waals surface area contributed by atoms with Crippen LogP contribution in [0.4, 0.5) is 0 Å². The molecule has 1 heterocycles. The molecule has 54 valence electrons. The molecular formula is C8H9ClS. The first-order chi connectivity index (χ1) is 4.74. The van der Waals surface area contributed by atoms with Crippen molar-refractivity contribution < 1.29 is 0 Å². The molecule has 0 N–H and O–H groups in total. The van der Waals surface area contributed by atoms with E-state index >= 15 is 0 Å². The van der Waals surface area contributed by atoms with Crippen LogP contribution in [0.1, 0.15) is 19.4 Å². The monoisotopic (exact) mass is 172 g/mol. The lowest BCUT2D eigenvalue weighted by Crippen LogP contribution is -1.69. The van der Waals surface area contributed by atoms with Crippen LogP contribution < -0.4 is 0 Å². The van der Waals surface area contributed by atoms with E-state index in [-0.39, 0.29) is 0 Å². The molecule has 0 nitrogen and oxygen atoms in total. The third kappa shape index (κ3) is 1.61. The van der Waals surface area contributed by atoms with Gasteiger partial charge in [-0.3, -0.25) is 0 Å². The number of halogens is 1. The second-order valence-corrected chi connectivity index (χ2v) is 3.65. The normalized spacial score (nSPS) is 12.1. The Morgan fingerprint density at radius 1 is 1.70 bits per heavy atom. The van der Waals surface area contributed by atoms with Crippen molar-refractivity contribution in [1.82, 2.24) is 0 Å². The van der Waals surface area contributed by atoms with Crippen LogP contribution in [0.3, 0.4) is 0 Å². The average Bonchev–Trinajstić information content (AvgIpc) is 2.34. The third-order valence-electron chi connectivity index (χ3n) is 1.46. The van der Waals surface area contributed by atoms with E-state index in [2.05, 4.69) is 18.4 Å². The highest BCUT2D eigenvalue weighted by Gasteiger charge is 1.96. The highest BCUT2D eigenvalue weighted by Crippen LogP contribution is 2.24. The Morgan fingerprint density at radius 2 is 2.40 bits per heavy atom. The van der Waals surface area contributed by atoms with E-state index < -0.39 is 0 Å². The molecule has 0 atom stereocenters. The quantitative estimate of drug-likeness (QED) is 0.604. The molecule has 1 aromatic rings. The molecule has 0 aliphatic heterocycles. The van der Waals surface area contributed by atoms with Crippen LogP contribution in [0.25, 0.3) is 5.57 Å². The van der Waals surface area contributed by atoms with Crippen LogP contribution in [0.15, 0.2) is 17.5 Å². The maximum atomic E-state index is 5.75. The number of allylic oxidation sites excluding steroid dienone is 2. The summed E-state index contributed by atoms with van der Waals surface area (Å²) < 4.78 is 0.858. The number of rotatable bonds is 1. The fourth-order valence-corrected chi connectivity index (χ4v) is 1.62. The minimum Gasteiger partial charge on any atom is -0.131 e. The van der Waals surface area contributed by atoms with Gasteiger partial charge in [0.15, 0.2) is 0 Å². The van der Waals surface area contributed by atoms with Gasteiger partial charge < -0.3 is 0 Å². The van der Waals surface area contributed by atoms with Gasteiger partial charge in [-0.05, 0) is 36.4 Å². The largest absolute Gasteiger partial charge is 0.131 e. The van der Waals surface area contributed by atoms with Gasteiger partial charge in [0, 0.05) is 0 Å². The van der Waals surface area contributed by atoms with Crippen LogP contribution in [-0.4, -0.2) is 0 Å². The van der Waals surface area contributed by atoms with Gasteiger partial charge in [-0.15, -0.1) is 11.3 Å². The molecule has 0 spiro atoms. The van der Waals surface area contributed by atoms with Gasteiger partial charge in [-0.2, -0.15) is 0 Å². The topological polar surface area (TPSA) is 0 Å². The lowest BCUT2D eigenvalue weighted by atomic mass is 10.2. The van der Waals surface area contributed by atoms with Crippen LogP contribution in [0.5, 0.6) is 0 Å². The van der Waals surface area contributed by atoms with Crippen molar-refractivity contribution in [2.75, 3.05) is 0 Å². The van der Waals surface area contributed by atoms with Gasteiger partial charge in [0.1, 0.15) is 0 Å². The predicted octanol–water partition coefficient (Wildman–Crippen LogP) is 3.82. The van der Waals surface area contributed by atoms with Gasteiger partial charge in [0.05, 0.1) is 4.34 Å². The molecule has 0 saturated carbocycles. The van der Waals surface area contributed by atoms with Gasteiger partial charge in [0.2, 0.25) is 0 Å². The summed E-state index contributed by atoms with van der Waals surface area (Å²) in [5.74, 6) is 0. The molecule has 0 bridgehead atoms. The molecule has 2 heteroatoms. The first kappa shape index (κ1) is 7.83. The summed E-state index contributed by atoms with van der Waals surface area (Å²) >= 11 is 7.33. The average molecular weight is 173 g/mol. The van der Waals surface area contributed by atoms with E-state index in [0.717, 1.165) is 4.34 Å².